The highest BCUT2D eigenvalue weighted by atomic mass is 32.1. The minimum absolute atomic E-state index is 0.138. The molecule has 2 heterocycles. The molecule has 1 amide bonds. The molecule has 2 aliphatic rings. The number of amides is 1. The van der Waals surface area contributed by atoms with Crippen molar-refractivity contribution in [3.05, 3.63) is 72.8 Å². The number of anilines is 2. The molecule has 3 aromatic rings. The Hall–Kier alpha value is -3.20. The summed E-state index contributed by atoms with van der Waals surface area (Å²) in [5.41, 5.74) is 1.60. The van der Waals surface area contributed by atoms with Crippen LogP contribution >= 0.6 is 12.2 Å². The van der Waals surface area contributed by atoms with Gasteiger partial charge in [-0.2, -0.15) is 0 Å². The summed E-state index contributed by atoms with van der Waals surface area (Å²) in [7, 11) is 0. The molecule has 2 aliphatic heterocycles. The average Bonchev–Trinajstić information content (AvgIpc) is 3.38. The van der Waals surface area contributed by atoms with E-state index in [-0.39, 0.29) is 24.9 Å². The SMILES string of the molecule is O=C(Nc1ccccc1)OC1COC2C(NC(=S)Nc3cccc4ccccc34)COC12. The smallest absolute Gasteiger partial charge is 0.412 e. The second-order valence-corrected chi connectivity index (χ2v) is 8.17. The quantitative estimate of drug-likeness (QED) is 0.521. The van der Waals surface area contributed by atoms with Crippen LogP contribution in [0.5, 0.6) is 0 Å². The fourth-order valence-corrected chi connectivity index (χ4v) is 4.42. The van der Waals surface area contributed by atoms with E-state index >= 15 is 0 Å². The Morgan fingerprint density at radius 2 is 1.62 bits per heavy atom. The van der Waals surface area contributed by atoms with E-state index in [1.54, 1.807) is 12.1 Å². The van der Waals surface area contributed by atoms with E-state index < -0.39 is 12.2 Å². The van der Waals surface area contributed by atoms with Crippen molar-refractivity contribution in [2.75, 3.05) is 23.8 Å². The highest BCUT2D eigenvalue weighted by Crippen LogP contribution is 2.29. The number of carbonyl (C=O) groups excluding carboxylic acids is 1. The third-order valence-electron chi connectivity index (χ3n) is 5.64. The lowest BCUT2D eigenvalue weighted by atomic mass is 10.1. The molecule has 5 rings (SSSR count). The summed E-state index contributed by atoms with van der Waals surface area (Å²) in [6.45, 7) is 0.687. The molecule has 3 aromatic carbocycles. The van der Waals surface area contributed by atoms with Gasteiger partial charge in [0.1, 0.15) is 12.2 Å². The van der Waals surface area contributed by atoms with Crippen LogP contribution in [0.15, 0.2) is 72.8 Å². The number of thiocarbonyl (C=S) groups is 1. The molecule has 0 aliphatic carbocycles. The number of nitrogens with one attached hydrogen (secondary N) is 3. The Morgan fingerprint density at radius 1 is 0.875 bits per heavy atom. The number of benzene rings is 3. The molecule has 2 fully saturated rings. The summed E-state index contributed by atoms with van der Waals surface area (Å²) in [5.74, 6) is 0. The van der Waals surface area contributed by atoms with Gasteiger partial charge in [0.2, 0.25) is 0 Å². The second-order valence-electron chi connectivity index (χ2n) is 7.76. The van der Waals surface area contributed by atoms with Gasteiger partial charge >= 0.3 is 6.09 Å². The lowest BCUT2D eigenvalue weighted by molar-refractivity contribution is 0.00880. The standard InChI is InChI=1S/C24H23N3O4S/c28-24(25-16-9-2-1-3-10-16)31-20-14-30-21-19(13-29-22(20)21)27-23(32)26-18-12-6-8-15-7-4-5-11-17(15)18/h1-12,19-22H,13-14H2,(H,25,28)(H2,26,27,32). The molecule has 3 N–H and O–H groups in total. The number of ether oxygens (including phenoxy) is 3. The van der Waals surface area contributed by atoms with Gasteiger partial charge < -0.3 is 24.8 Å². The van der Waals surface area contributed by atoms with Crippen LogP contribution in [0.4, 0.5) is 16.2 Å². The number of carbonyl (C=O) groups is 1. The van der Waals surface area contributed by atoms with Crippen LogP contribution < -0.4 is 16.0 Å². The molecule has 0 spiro atoms. The van der Waals surface area contributed by atoms with E-state index in [1.165, 1.54) is 0 Å². The molecule has 8 heteroatoms. The Balaban J connectivity index is 1.17. The first-order chi connectivity index (χ1) is 15.7. The third-order valence-corrected chi connectivity index (χ3v) is 5.86. The van der Waals surface area contributed by atoms with Crippen molar-refractivity contribution >= 4 is 45.6 Å². The monoisotopic (exact) mass is 449 g/mol. The molecule has 0 saturated carbocycles. The zero-order valence-electron chi connectivity index (χ0n) is 17.2. The fraction of sp³-hybridized carbons (Fsp3) is 0.250. The Morgan fingerprint density at radius 3 is 2.50 bits per heavy atom. The first-order valence-corrected chi connectivity index (χ1v) is 10.9. The molecule has 32 heavy (non-hydrogen) atoms. The summed E-state index contributed by atoms with van der Waals surface area (Å²) >= 11 is 5.54. The van der Waals surface area contributed by atoms with Gasteiger partial charge in [0.05, 0.1) is 19.3 Å². The largest absolute Gasteiger partial charge is 0.441 e. The molecule has 4 unspecified atom stereocenters. The average molecular weight is 450 g/mol. The van der Waals surface area contributed by atoms with Gasteiger partial charge in [0.25, 0.3) is 0 Å². The molecule has 164 valence electrons. The van der Waals surface area contributed by atoms with Gasteiger partial charge in [-0.15, -0.1) is 0 Å². The van der Waals surface area contributed by atoms with E-state index in [2.05, 4.69) is 34.1 Å². The highest BCUT2D eigenvalue weighted by molar-refractivity contribution is 7.80. The molecule has 0 bridgehead atoms. The molecule has 0 aromatic heterocycles. The molecule has 7 nitrogen and oxygen atoms in total. The summed E-state index contributed by atoms with van der Waals surface area (Å²) in [4.78, 5) is 12.2. The number of hydrogen-bond acceptors (Lipinski definition) is 5. The maximum Gasteiger partial charge on any atom is 0.412 e. The van der Waals surface area contributed by atoms with Gasteiger partial charge in [-0.05, 0) is 35.8 Å². The van der Waals surface area contributed by atoms with Crippen LogP contribution in [0, 0.1) is 0 Å². The molecule has 2 saturated heterocycles. The number of fused-ring (bicyclic) bond motifs is 2. The Kier molecular flexibility index (Phi) is 5.89. The number of hydrogen-bond donors (Lipinski definition) is 3. The summed E-state index contributed by atoms with van der Waals surface area (Å²) in [6.07, 6.45) is -1.60. The van der Waals surface area contributed by atoms with Gasteiger partial charge in [-0.1, -0.05) is 54.6 Å². The van der Waals surface area contributed by atoms with Crippen molar-refractivity contribution in [3.63, 3.8) is 0 Å². The Labute approximate surface area is 191 Å². The minimum atomic E-state index is -0.529. The van der Waals surface area contributed by atoms with Crippen LogP contribution in [-0.2, 0) is 14.2 Å². The van der Waals surface area contributed by atoms with E-state index in [4.69, 9.17) is 26.4 Å². The molecule has 0 radical (unpaired) electrons. The predicted molar refractivity (Wildman–Crippen MR) is 127 cm³/mol. The summed E-state index contributed by atoms with van der Waals surface area (Å²) < 4.78 is 17.3. The lowest BCUT2D eigenvalue weighted by Crippen LogP contribution is -2.46. The zero-order chi connectivity index (χ0) is 21.9. The first kappa shape index (κ1) is 20.7. The van der Waals surface area contributed by atoms with Crippen molar-refractivity contribution < 1.29 is 19.0 Å². The van der Waals surface area contributed by atoms with Crippen LogP contribution in [-0.4, -0.2) is 48.8 Å². The van der Waals surface area contributed by atoms with Crippen LogP contribution in [0.1, 0.15) is 0 Å². The first-order valence-electron chi connectivity index (χ1n) is 10.5. The van der Waals surface area contributed by atoms with Crippen LogP contribution in [0.3, 0.4) is 0 Å². The van der Waals surface area contributed by atoms with E-state index in [9.17, 15) is 4.79 Å². The van der Waals surface area contributed by atoms with Crippen molar-refractivity contribution in [2.24, 2.45) is 0 Å². The molecular formula is C24H23N3O4S. The van der Waals surface area contributed by atoms with Gasteiger partial charge in [0.15, 0.2) is 11.2 Å². The van der Waals surface area contributed by atoms with Crippen LogP contribution in [0.2, 0.25) is 0 Å². The Bertz CT molecular complexity index is 1120. The zero-order valence-corrected chi connectivity index (χ0v) is 18.0. The minimum Gasteiger partial charge on any atom is -0.441 e. The maximum absolute atomic E-state index is 12.2. The van der Waals surface area contributed by atoms with Gasteiger partial charge in [-0.3, -0.25) is 5.32 Å². The van der Waals surface area contributed by atoms with E-state index in [0.717, 1.165) is 16.5 Å². The van der Waals surface area contributed by atoms with Crippen molar-refractivity contribution in [1.29, 1.82) is 0 Å². The maximum atomic E-state index is 12.2. The van der Waals surface area contributed by atoms with E-state index in [1.807, 2.05) is 42.5 Å². The normalized spacial score (nSPS) is 24.0. The second kappa shape index (κ2) is 9.12. The third kappa shape index (κ3) is 4.38. The summed E-state index contributed by atoms with van der Waals surface area (Å²) in [6, 6.07) is 23.2. The predicted octanol–water partition coefficient (Wildman–Crippen LogP) is 3.91. The topological polar surface area (TPSA) is 80.9 Å². The number of para-hydroxylation sites is 1. The lowest BCUT2D eigenvalue weighted by Gasteiger charge is -2.20. The number of rotatable bonds is 4. The molecule has 4 atom stereocenters. The van der Waals surface area contributed by atoms with Crippen molar-refractivity contribution in [2.45, 2.75) is 24.4 Å². The van der Waals surface area contributed by atoms with E-state index in [0.29, 0.717) is 17.4 Å². The fourth-order valence-electron chi connectivity index (χ4n) is 4.16. The van der Waals surface area contributed by atoms with Crippen LogP contribution in [0.25, 0.3) is 10.8 Å². The van der Waals surface area contributed by atoms with Crippen molar-refractivity contribution in [1.82, 2.24) is 5.32 Å². The summed E-state index contributed by atoms with van der Waals surface area (Å²) in [5, 5.41) is 12.0. The van der Waals surface area contributed by atoms with Gasteiger partial charge in [0, 0.05) is 16.8 Å². The highest BCUT2D eigenvalue weighted by Gasteiger charge is 2.49. The molecular weight excluding hydrogens is 426 g/mol. The van der Waals surface area contributed by atoms with Crippen molar-refractivity contribution in [3.8, 4) is 0 Å². The van der Waals surface area contributed by atoms with Gasteiger partial charge in [-0.25, -0.2) is 4.79 Å².